The van der Waals surface area contributed by atoms with E-state index in [2.05, 4.69) is 36.5 Å². The Morgan fingerprint density at radius 2 is 1.84 bits per heavy atom. The molecule has 1 atom stereocenters. The van der Waals surface area contributed by atoms with E-state index in [0.717, 1.165) is 12.1 Å². The van der Waals surface area contributed by atoms with Crippen molar-refractivity contribution in [2.24, 2.45) is 0 Å². The molecule has 0 radical (unpaired) electrons. The Morgan fingerprint density at radius 1 is 1.11 bits per heavy atom. The smallest absolute Gasteiger partial charge is 0.120 e. The number of aromatic hydroxyl groups is 1. The van der Waals surface area contributed by atoms with Crippen molar-refractivity contribution in [2.45, 2.75) is 26.3 Å². The molecule has 19 heavy (non-hydrogen) atoms. The predicted molar refractivity (Wildman–Crippen MR) is 79.4 cm³/mol. The number of nitrogens with one attached hydrogen (secondary N) is 1. The summed E-state index contributed by atoms with van der Waals surface area (Å²) in [6.07, 6.45) is 0. The molecule has 0 bridgehead atoms. The van der Waals surface area contributed by atoms with Gasteiger partial charge in [-0.3, -0.25) is 0 Å². The molecule has 0 fully saturated rings. The molecule has 0 saturated heterocycles. The van der Waals surface area contributed by atoms with Crippen molar-refractivity contribution >= 4 is 0 Å². The van der Waals surface area contributed by atoms with Gasteiger partial charge >= 0.3 is 0 Å². The fourth-order valence-corrected chi connectivity index (χ4v) is 2.18. The van der Waals surface area contributed by atoms with Gasteiger partial charge in [-0.25, -0.2) is 0 Å². The summed E-state index contributed by atoms with van der Waals surface area (Å²) in [6.45, 7) is 5.84. The van der Waals surface area contributed by atoms with Gasteiger partial charge in [0, 0.05) is 18.7 Å². The van der Waals surface area contributed by atoms with Gasteiger partial charge in [-0.2, -0.15) is 0 Å². The van der Waals surface area contributed by atoms with E-state index in [-0.39, 0.29) is 0 Å². The average Bonchev–Trinajstić information content (AvgIpc) is 2.43. The topological polar surface area (TPSA) is 32.3 Å². The van der Waals surface area contributed by atoms with E-state index in [4.69, 9.17) is 0 Å². The van der Waals surface area contributed by atoms with Gasteiger partial charge in [-0.15, -0.1) is 0 Å². The van der Waals surface area contributed by atoms with Crippen LogP contribution in [0.15, 0.2) is 48.5 Å². The van der Waals surface area contributed by atoms with Gasteiger partial charge in [-0.1, -0.05) is 55.0 Å². The fourth-order valence-electron chi connectivity index (χ4n) is 2.18. The molecule has 1 unspecified atom stereocenters. The molecule has 0 aliphatic rings. The maximum atomic E-state index is 9.78. The Hall–Kier alpha value is -1.80. The van der Waals surface area contributed by atoms with E-state index in [0.29, 0.717) is 18.2 Å². The van der Waals surface area contributed by atoms with Crippen LogP contribution in [0.25, 0.3) is 0 Å². The summed E-state index contributed by atoms with van der Waals surface area (Å²) in [5, 5.41) is 13.2. The second kappa shape index (κ2) is 6.39. The largest absolute Gasteiger partial charge is 0.508 e. The molecule has 2 heteroatoms. The van der Waals surface area contributed by atoms with Crippen LogP contribution in [-0.2, 0) is 6.54 Å². The molecule has 100 valence electrons. The maximum Gasteiger partial charge on any atom is 0.120 e. The lowest BCUT2D eigenvalue weighted by Crippen LogP contribution is -2.19. The number of rotatable bonds is 5. The zero-order valence-corrected chi connectivity index (χ0v) is 11.6. The summed E-state index contributed by atoms with van der Waals surface area (Å²) in [5.74, 6) is 0.832. The third kappa shape index (κ3) is 3.83. The van der Waals surface area contributed by atoms with Gasteiger partial charge < -0.3 is 10.4 Å². The molecule has 2 N–H and O–H groups in total. The molecule has 2 aromatic rings. The SMILES string of the molecule is Cc1ccc(O)c(CNCC(C)c2ccccc2)c1. The van der Waals surface area contributed by atoms with Crippen molar-refractivity contribution in [1.29, 1.82) is 0 Å². The van der Waals surface area contributed by atoms with Gasteiger partial charge in [0.15, 0.2) is 0 Å². The van der Waals surface area contributed by atoms with Crippen molar-refractivity contribution in [3.63, 3.8) is 0 Å². The second-order valence-electron chi connectivity index (χ2n) is 5.07. The van der Waals surface area contributed by atoms with E-state index in [9.17, 15) is 5.11 Å². The minimum Gasteiger partial charge on any atom is -0.508 e. The summed E-state index contributed by atoms with van der Waals surface area (Å²) >= 11 is 0. The third-order valence-electron chi connectivity index (χ3n) is 3.37. The standard InChI is InChI=1S/C17H21NO/c1-13-8-9-17(19)16(10-13)12-18-11-14(2)15-6-4-3-5-7-15/h3-10,14,18-19H,11-12H2,1-2H3. The van der Waals surface area contributed by atoms with Crippen molar-refractivity contribution in [3.8, 4) is 5.75 Å². The van der Waals surface area contributed by atoms with E-state index < -0.39 is 0 Å². The molecule has 2 aromatic carbocycles. The molecule has 0 aliphatic heterocycles. The Bertz CT molecular complexity index is 522. The first kappa shape index (κ1) is 13.6. The van der Waals surface area contributed by atoms with Crippen molar-refractivity contribution < 1.29 is 5.11 Å². The predicted octanol–water partition coefficient (Wildman–Crippen LogP) is 3.59. The molecule has 0 saturated carbocycles. The van der Waals surface area contributed by atoms with Crippen LogP contribution in [0.1, 0.15) is 29.5 Å². The Labute approximate surface area is 115 Å². The highest BCUT2D eigenvalue weighted by Crippen LogP contribution is 2.18. The van der Waals surface area contributed by atoms with E-state index in [1.807, 2.05) is 25.1 Å². The van der Waals surface area contributed by atoms with Crippen LogP contribution in [0.5, 0.6) is 5.75 Å². The summed E-state index contributed by atoms with van der Waals surface area (Å²) in [4.78, 5) is 0. The van der Waals surface area contributed by atoms with Gasteiger partial charge in [0.05, 0.1) is 0 Å². The highest BCUT2D eigenvalue weighted by molar-refractivity contribution is 5.35. The zero-order valence-electron chi connectivity index (χ0n) is 11.6. The maximum absolute atomic E-state index is 9.78. The van der Waals surface area contributed by atoms with Crippen molar-refractivity contribution in [1.82, 2.24) is 5.32 Å². The number of hydrogen-bond donors (Lipinski definition) is 2. The Morgan fingerprint density at radius 3 is 2.58 bits per heavy atom. The van der Waals surface area contributed by atoms with Gasteiger partial charge in [0.25, 0.3) is 0 Å². The van der Waals surface area contributed by atoms with Crippen LogP contribution in [0.4, 0.5) is 0 Å². The Kier molecular flexibility index (Phi) is 4.58. The third-order valence-corrected chi connectivity index (χ3v) is 3.37. The molecule has 0 amide bonds. The molecule has 2 rings (SSSR count). The number of phenolic OH excluding ortho intramolecular Hbond substituents is 1. The van der Waals surface area contributed by atoms with Crippen LogP contribution >= 0.6 is 0 Å². The van der Waals surface area contributed by atoms with Crippen LogP contribution in [0.2, 0.25) is 0 Å². The van der Waals surface area contributed by atoms with E-state index in [1.165, 1.54) is 11.1 Å². The highest BCUT2D eigenvalue weighted by Gasteiger charge is 2.05. The molecular weight excluding hydrogens is 234 g/mol. The first-order valence-corrected chi connectivity index (χ1v) is 6.71. The fraction of sp³-hybridized carbons (Fsp3) is 0.294. The number of phenols is 1. The lowest BCUT2D eigenvalue weighted by atomic mass is 10.0. The monoisotopic (exact) mass is 255 g/mol. The van der Waals surface area contributed by atoms with Crippen LogP contribution < -0.4 is 5.32 Å². The summed E-state index contributed by atoms with van der Waals surface area (Å²) < 4.78 is 0. The van der Waals surface area contributed by atoms with Gasteiger partial charge in [-0.05, 0) is 24.5 Å². The van der Waals surface area contributed by atoms with E-state index >= 15 is 0 Å². The normalized spacial score (nSPS) is 12.3. The molecule has 0 aliphatic carbocycles. The molecule has 0 aromatic heterocycles. The summed E-state index contributed by atoms with van der Waals surface area (Å²) in [5.41, 5.74) is 3.47. The van der Waals surface area contributed by atoms with Crippen LogP contribution in [0, 0.1) is 6.92 Å². The minimum atomic E-state index is 0.366. The quantitative estimate of drug-likeness (QED) is 0.855. The lowest BCUT2D eigenvalue weighted by Gasteiger charge is -2.13. The zero-order chi connectivity index (χ0) is 13.7. The molecule has 0 heterocycles. The first-order chi connectivity index (χ1) is 9.16. The molecule has 0 spiro atoms. The summed E-state index contributed by atoms with van der Waals surface area (Å²) in [6, 6.07) is 16.2. The average molecular weight is 255 g/mol. The first-order valence-electron chi connectivity index (χ1n) is 6.71. The number of benzene rings is 2. The molecule has 2 nitrogen and oxygen atoms in total. The highest BCUT2D eigenvalue weighted by atomic mass is 16.3. The van der Waals surface area contributed by atoms with E-state index in [1.54, 1.807) is 6.07 Å². The number of hydrogen-bond acceptors (Lipinski definition) is 2. The minimum absolute atomic E-state index is 0.366. The number of aryl methyl sites for hydroxylation is 1. The second-order valence-corrected chi connectivity index (χ2v) is 5.07. The van der Waals surface area contributed by atoms with Gasteiger partial charge in [0.2, 0.25) is 0 Å². The van der Waals surface area contributed by atoms with Crippen molar-refractivity contribution in [2.75, 3.05) is 6.54 Å². The lowest BCUT2D eigenvalue weighted by molar-refractivity contribution is 0.463. The van der Waals surface area contributed by atoms with Crippen molar-refractivity contribution in [3.05, 3.63) is 65.2 Å². The Balaban J connectivity index is 1.88. The van der Waals surface area contributed by atoms with Crippen LogP contribution in [0.3, 0.4) is 0 Å². The molecular formula is C17H21NO. The van der Waals surface area contributed by atoms with Gasteiger partial charge in [0.1, 0.15) is 5.75 Å². The summed E-state index contributed by atoms with van der Waals surface area (Å²) in [7, 11) is 0. The van der Waals surface area contributed by atoms with Crippen LogP contribution in [-0.4, -0.2) is 11.7 Å².